The van der Waals surface area contributed by atoms with Crippen molar-refractivity contribution < 1.29 is 18.3 Å². The molecule has 5 nitrogen and oxygen atoms in total. The van der Waals surface area contributed by atoms with Gasteiger partial charge in [0.1, 0.15) is 12.2 Å². The molecule has 0 aliphatic carbocycles. The highest BCUT2D eigenvalue weighted by Crippen LogP contribution is 2.35. The predicted molar refractivity (Wildman–Crippen MR) is 101 cm³/mol. The molecule has 1 aromatic carbocycles. The van der Waals surface area contributed by atoms with Crippen molar-refractivity contribution in [3.8, 4) is 10.6 Å². The van der Waals surface area contributed by atoms with Crippen LogP contribution in [-0.2, 0) is 11.3 Å². The van der Waals surface area contributed by atoms with E-state index in [1.807, 2.05) is 0 Å². The number of rotatable bonds is 4. The van der Waals surface area contributed by atoms with E-state index in [4.69, 9.17) is 16.3 Å². The largest absolute Gasteiger partial charge is 0.378 e. The molecule has 3 heterocycles. The monoisotopic (exact) mass is 411 g/mol. The average molecular weight is 412 g/mol. The van der Waals surface area contributed by atoms with Crippen molar-refractivity contribution in [2.45, 2.75) is 13.0 Å². The standard InChI is InChI=1S/C18H16ClF2N3O2S/c19-15-4-3-14(27-15)17-12-9-11(18(25)23-5-7-26-8-6-23)1-2-13(12)24(22-17)10-16(20)21/h1-4,9,16H,5-8,10H2. The lowest BCUT2D eigenvalue weighted by atomic mass is 10.1. The number of benzene rings is 1. The number of ether oxygens (including phenoxy) is 1. The van der Waals surface area contributed by atoms with E-state index >= 15 is 0 Å². The van der Waals surface area contributed by atoms with Crippen molar-refractivity contribution in [2.24, 2.45) is 0 Å². The lowest BCUT2D eigenvalue weighted by Crippen LogP contribution is -2.40. The van der Waals surface area contributed by atoms with Crippen LogP contribution in [0.2, 0.25) is 4.34 Å². The van der Waals surface area contributed by atoms with E-state index in [1.165, 1.54) is 16.0 Å². The Morgan fingerprint density at radius 1 is 1.26 bits per heavy atom. The Bertz CT molecular complexity index is 982. The molecule has 4 rings (SSSR count). The minimum absolute atomic E-state index is 0.100. The van der Waals surface area contributed by atoms with Crippen LogP contribution in [0.1, 0.15) is 10.4 Å². The highest BCUT2D eigenvalue weighted by molar-refractivity contribution is 7.19. The Morgan fingerprint density at radius 3 is 2.70 bits per heavy atom. The lowest BCUT2D eigenvalue weighted by Gasteiger charge is -2.26. The van der Waals surface area contributed by atoms with Crippen molar-refractivity contribution in [2.75, 3.05) is 26.3 Å². The quantitative estimate of drug-likeness (QED) is 0.647. The van der Waals surface area contributed by atoms with Crippen molar-refractivity contribution >= 4 is 39.7 Å². The third-order valence-corrected chi connectivity index (χ3v) is 5.65. The number of carbonyl (C=O) groups is 1. The zero-order valence-electron chi connectivity index (χ0n) is 14.2. The number of amides is 1. The molecule has 1 saturated heterocycles. The maximum atomic E-state index is 13.0. The number of alkyl halides is 2. The second-order valence-corrected chi connectivity index (χ2v) is 7.88. The second kappa shape index (κ2) is 7.53. The summed E-state index contributed by atoms with van der Waals surface area (Å²) in [4.78, 5) is 15.3. The van der Waals surface area contributed by atoms with Crippen LogP contribution in [0.3, 0.4) is 0 Å². The van der Waals surface area contributed by atoms with Gasteiger partial charge in [-0.15, -0.1) is 11.3 Å². The number of carbonyl (C=O) groups excluding carboxylic acids is 1. The maximum Gasteiger partial charge on any atom is 0.257 e. The normalized spacial score (nSPS) is 15.0. The molecule has 1 aliphatic heterocycles. The van der Waals surface area contributed by atoms with Gasteiger partial charge < -0.3 is 9.64 Å². The van der Waals surface area contributed by atoms with Crippen LogP contribution in [0.25, 0.3) is 21.5 Å². The van der Waals surface area contributed by atoms with Gasteiger partial charge in [0.2, 0.25) is 0 Å². The van der Waals surface area contributed by atoms with Gasteiger partial charge in [0.25, 0.3) is 12.3 Å². The maximum absolute atomic E-state index is 13.0. The molecule has 9 heteroatoms. The molecule has 1 fully saturated rings. The predicted octanol–water partition coefficient (Wildman–Crippen LogP) is 4.16. The summed E-state index contributed by atoms with van der Waals surface area (Å²) in [6.07, 6.45) is -2.53. The first-order valence-corrected chi connectivity index (χ1v) is 9.64. The van der Waals surface area contributed by atoms with E-state index in [1.54, 1.807) is 35.2 Å². The van der Waals surface area contributed by atoms with Gasteiger partial charge in [-0.3, -0.25) is 9.48 Å². The molecule has 0 unspecified atom stereocenters. The highest BCUT2D eigenvalue weighted by atomic mass is 35.5. The topological polar surface area (TPSA) is 47.4 Å². The molecule has 1 aliphatic rings. The van der Waals surface area contributed by atoms with Gasteiger partial charge in [0, 0.05) is 24.0 Å². The molecule has 0 saturated carbocycles. The van der Waals surface area contributed by atoms with Crippen molar-refractivity contribution in [3.63, 3.8) is 0 Å². The molecule has 3 aromatic rings. The Hall–Kier alpha value is -2.03. The number of hydrogen-bond donors (Lipinski definition) is 0. The number of thiophene rings is 1. The molecule has 0 radical (unpaired) electrons. The first kappa shape index (κ1) is 18.3. The zero-order chi connectivity index (χ0) is 19.0. The van der Waals surface area contributed by atoms with Crippen molar-refractivity contribution in [1.82, 2.24) is 14.7 Å². The molecule has 142 valence electrons. The molecule has 1 amide bonds. The Kier molecular flexibility index (Phi) is 5.12. The van der Waals surface area contributed by atoms with E-state index in [0.717, 1.165) is 4.88 Å². The minimum Gasteiger partial charge on any atom is -0.378 e. The van der Waals surface area contributed by atoms with Gasteiger partial charge in [-0.2, -0.15) is 5.10 Å². The lowest BCUT2D eigenvalue weighted by molar-refractivity contribution is 0.0303. The summed E-state index contributed by atoms with van der Waals surface area (Å²) in [5.41, 5.74) is 1.62. The fourth-order valence-electron chi connectivity index (χ4n) is 3.15. The molecule has 2 aromatic heterocycles. The van der Waals surface area contributed by atoms with Crippen LogP contribution in [-0.4, -0.2) is 53.3 Å². The van der Waals surface area contributed by atoms with Gasteiger partial charge in [0.05, 0.1) is 27.9 Å². The van der Waals surface area contributed by atoms with E-state index in [2.05, 4.69) is 5.10 Å². The first-order chi connectivity index (χ1) is 13.0. The van der Waals surface area contributed by atoms with E-state index in [-0.39, 0.29) is 5.91 Å². The van der Waals surface area contributed by atoms with Crippen molar-refractivity contribution in [3.05, 3.63) is 40.2 Å². The summed E-state index contributed by atoms with van der Waals surface area (Å²) in [5, 5.41) is 5.03. The summed E-state index contributed by atoms with van der Waals surface area (Å²) in [7, 11) is 0. The molecular weight excluding hydrogens is 396 g/mol. The Morgan fingerprint density at radius 2 is 2.04 bits per heavy atom. The SMILES string of the molecule is O=C(c1ccc2c(c1)c(-c1ccc(Cl)s1)nn2CC(F)F)N1CCOCC1. The number of morpholine rings is 1. The summed E-state index contributed by atoms with van der Waals surface area (Å²) < 4.78 is 33.1. The van der Waals surface area contributed by atoms with E-state index in [9.17, 15) is 13.6 Å². The molecular formula is C18H16ClF2N3O2S. The van der Waals surface area contributed by atoms with E-state index in [0.29, 0.717) is 52.8 Å². The zero-order valence-corrected chi connectivity index (χ0v) is 15.8. The van der Waals surface area contributed by atoms with Crippen LogP contribution in [0, 0.1) is 0 Å². The van der Waals surface area contributed by atoms with E-state index < -0.39 is 13.0 Å². The summed E-state index contributed by atoms with van der Waals surface area (Å²) >= 11 is 7.35. The Labute approximate surface area is 163 Å². The minimum atomic E-state index is -2.53. The van der Waals surface area contributed by atoms with Crippen molar-refractivity contribution in [1.29, 1.82) is 0 Å². The van der Waals surface area contributed by atoms with Crippen LogP contribution in [0.15, 0.2) is 30.3 Å². The smallest absolute Gasteiger partial charge is 0.257 e. The van der Waals surface area contributed by atoms with Gasteiger partial charge in [-0.25, -0.2) is 8.78 Å². The number of fused-ring (bicyclic) bond motifs is 1. The van der Waals surface area contributed by atoms with Gasteiger partial charge in [-0.05, 0) is 30.3 Å². The number of aromatic nitrogens is 2. The molecule has 0 atom stereocenters. The molecule has 27 heavy (non-hydrogen) atoms. The van der Waals surface area contributed by atoms with Gasteiger partial charge in [0.15, 0.2) is 0 Å². The fourth-order valence-corrected chi connectivity index (χ4v) is 4.20. The summed E-state index contributed by atoms with van der Waals surface area (Å²) in [6.45, 7) is 1.59. The third-order valence-electron chi connectivity index (χ3n) is 4.41. The first-order valence-electron chi connectivity index (χ1n) is 8.44. The summed E-state index contributed by atoms with van der Waals surface area (Å²) in [5.74, 6) is -0.100. The number of nitrogens with zero attached hydrogens (tertiary/aromatic N) is 3. The van der Waals surface area contributed by atoms with Crippen LogP contribution in [0.5, 0.6) is 0 Å². The second-order valence-electron chi connectivity index (χ2n) is 6.16. The molecule has 0 N–H and O–H groups in total. The Balaban J connectivity index is 1.79. The fraction of sp³-hybridized carbons (Fsp3) is 0.333. The van der Waals surface area contributed by atoms with Gasteiger partial charge >= 0.3 is 0 Å². The van der Waals surface area contributed by atoms with Crippen LogP contribution in [0.4, 0.5) is 8.78 Å². The molecule has 0 bridgehead atoms. The third kappa shape index (κ3) is 3.69. The van der Waals surface area contributed by atoms with Crippen LogP contribution < -0.4 is 0 Å². The average Bonchev–Trinajstić information content (AvgIpc) is 3.25. The number of halogens is 3. The van der Waals surface area contributed by atoms with Crippen LogP contribution >= 0.6 is 22.9 Å². The molecule has 0 spiro atoms. The highest BCUT2D eigenvalue weighted by Gasteiger charge is 2.22. The number of hydrogen-bond acceptors (Lipinski definition) is 4. The van der Waals surface area contributed by atoms with Gasteiger partial charge in [-0.1, -0.05) is 11.6 Å². The summed E-state index contributed by atoms with van der Waals surface area (Å²) in [6, 6.07) is 8.61.